The second-order valence-corrected chi connectivity index (χ2v) is 8.07. The number of hydrogen-bond acceptors (Lipinski definition) is 6. The Morgan fingerprint density at radius 2 is 2.12 bits per heavy atom. The van der Waals surface area contributed by atoms with Crippen LogP contribution in [0.15, 0.2) is 29.2 Å². The molecule has 0 atom stereocenters. The number of esters is 1. The van der Waals surface area contributed by atoms with E-state index >= 15 is 0 Å². The smallest absolute Gasteiger partial charge is 0.305 e. The Morgan fingerprint density at radius 1 is 1.38 bits per heavy atom. The number of carbonyl (C=O) groups is 2. The number of carbonyl (C=O) groups excluding carboxylic acids is 2. The Morgan fingerprint density at radius 3 is 2.81 bits per heavy atom. The number of benzene rings is 1. The highest BCUT2D eigenvalue weighted by Crippen LogP contribution is 2.33. The predicted molar refractivity (Wildman–Crippen MR) is 110 cm³/mol. The number of thiocarbonyl (C=S) groups is 1. The van der Waals surface area contributed by atoms with Crippen molar-refractivity contribution >= 4 is 57.9 Å². The summed E-state index contributed by atoms with van der Waals surface area (Å²) in [6, 6.07) is 7.32. The lowest BCUT2D eigenvalue weighted by Crippen LogP contribution is -2.29. The van der Waals surface area contributed by atoms with E-state index in [-0.39, 0.29) is 18.3 Å². The number of halogens is 1. The second kappa shape index (κ2) is 10.1. The second-order valence-electron chi connectivity index (χ2n) is 5.98. The summed E-state index contributed by atoms with van der Waals surface area (Å²) >= 11 is 12.7. The summed E-state index contributed by atoms with van der Waals surface area (Å²) in [6.45, 7) is 1.45. The minimum absolute atomic E-state index is 0.152. The molecular weight excluding hydrogens is 392 g/mol. The molecule has 0 unspecified atom stereocenters. The maximum Gasteiger partial charge on any atom is 0.305 e. The van der Waals surface area contributed by atoms with Gasteiger partial charge in [0.05, 0.1) is 4.91 Å². The van der Waals surface area contributed by atoms with Crippen LogP contribution in [0.3, 0.4) is 0 Å². The van der Waals surface area contributed by atoms with Crippen LogP contribution in [-0.2, 0) is 14.3 Å². The van der Waals surface area contributed by atoms with Crippen LogP contribution in [0.25, 0.3) is 6.08 Å². The highest BCUT2D eigenvalue weighted by atomic mass is 35.5. The van der Waals surface area contributed by atoms with E-state index in [1.165, 1.54) is 16.7 Å². The topological polar surface area (TPSA) is 49.9 Å². The third-order valence-electron chi connectivity index (χ3n) is 3.63. The van der Waals surface area contributed by atoms with Gasteiger partial charge in [-0.2, -0.15) is 0 Å². The van der Waals surface area contributed by atoms with E-state index in [0.717, 1.165) is 5.56 Å². The van der Waals surface area contributed by atoms with Crippen molar-refractivity contribution in [2.45, 2.75) is 12.8 Å². The number of nitrogens with zero attached hydrogens (tertiary/aromatic N) is 2. The van der Waals surface area contributed by atoms with Gasteiger partial charge in [-0.25, -0.2) is 0 Å². The maximum absolute atomic E-state index is 12.5. The first-order chi connectivity index (χ1) is 12.4. The molecule has 0 N–H and O–H groups in total. The first-order valence-corrected chi connectivity index (χ1v) is 9.79. The van der Waals surface area contributed by atoms with Crippen molar-refractivity contribution in [2.75, 3.05) is 33.8 Å². The minimum atomic E-state index is -0.260. The fourth-order valence-corrected chi connectivity index (χ4v) is 3.71. The van der Waals surface area contributed by atoms with Crippen molar-refractivity contribution < 1.29 is 14.3 Å². The van der Waals surface area contributed by atoms with Crippen molar-refractivity contribution in [3.05, 3.63) is 39.8 Å². The van der Waals surface area contributed by atoms with Crippen LogP contribution in [0, 0.1) is 0 Å². The van der Waals surface area contributed by atoms with Gasteiger partial charge in [0.25, 0.3) is 5.91 Å². The molecule has 1 heterocycles. The summed E-state index contributed by atoms with van der Waals surface area (Å²) in [5.74, 6) is -0.412. The molecule has 1 aliphatic heterocycles. The fraction of sp³-hybridized carbons (Fsp3) is 0.389. The van der Waals surface area contributed by atoms with Crippen LogP contribution in [0.4, 0.5) is 0 Å². The third-order valence-corrected chi connectivity index (χ3v) is 5.35. The molecule has 26 heavy (non-hydrogen) atoms. The molecule has 0 aromatic heterocycles. The highest BCUT2D eigenvalue weighted by molar-refractivity contribution is 8.26. The maximum atomic E-state index is 12.5. The molecule has 0 aliphatic carbocycles. The minimum Gasteiger partial charge on any atom is -0.464 e. The van der Waals surface area contributed by atoms with E-state index in [1.807, 2.05) is 37.2 Å². The first kappa shape index (κ1) is 20.9. The molecule has 0 radical (unpaired) electrons. The van der Waals surface area contributed by atoms with E-state index in [4.69, 9.17) is 28.6 Å². The van der Waals surface area contributed by atoms with E-state index < -0.39 is 0 Å². The summed E-state index contributed by atoms with van der Waals surface area (Å²) in [6.07, 6.45) is 2.51. The largest absolute Gasteiger partial charge is 0.464 e. The number of amides is 1. The van der Waals surface area contributed by atoms with Crippen molar-refractivity contribution in [1.82, 2.24) is 9.80 Å². The van der Waals surface area contributed by atoms with Gasteiger partial charge in [-0.05, 0) is 38.2 Å². The average Bonchev–Trinajstić information content (AvgIpc) is 2.84. The van der Waals surface area contributed by atoms with Crippen molar-refractivity contribution in [1.29, 1.82) is 0 Å². The fourth-order valence-electron chi connectivity index (χ4n) is 2.22. The van der Waals surface area contributed by atoms with Gasteiger partial charge in [-0.1, -0.05) is 53.8 Å². The summed E-state index contributed by atoms with van der Waals surface area (Å²) < 4.78 is 5.63. The molecule has 0 spiro atoms. The van der Waals surface area contributed by atoms with Gasteiger partial charge in [0.15, 0.2) is 0 Å². The number of rotatable bonds is 8. The molecule has 1 fully saturated rings. The van der Waals surface area contributed by atoms with Gasteiger partial charge in [-0.3, -0.25) is 14.5 Å². The molecule has 1 aromatic rings. The van der Waals surface area contributed by atoms with Crippen LogP contribution in [0.1, 0.15) is 18.4 Å². The Balaban J connectivity index is 1.85. The van der Waals surface area contributed by atoms with Gasteiger partial charge < -0.3 is 9.64 Å². The van der Waals surface area contributed by atoms with Crippen LogP contribution in [0.2, 0.25) is 5.02 Å². The third kappa shape index (κ3) is 6.09. The Labute approximate surface area is 168 Å². The first-order valence-electron chi connectivity index (χ1n) is 8.18. The quantitative estimate of drug-likeness (QED) is 0.370. The molecule has 0 bridgehead atoms. The van der Waals surface area contributed by atoms with Gasteiger partial charge in [0.1, 0.15) is 10.9 Å². The van der Waals surface area contributed by atoms with Gasteiger partial charge in [0.2, 0.25) is 0 Å². The van der Waals surface area contributed by atoms with Crippen LogP contribution >= 0.6 is 35.6 Å². The van der Waals surface area contributed by atoms with Crippen molar-refractivity contribution in [3.8, 4) is 0 Å². The zero-order valence-corrected chi connectivity index (χ0v) is 17.1. The molecule has 8 heteroatoms. The van der Waals surface area contributed by atoms with Crippen LogP contribution in [-0.4, -0.2) is 59.8 Å². The molecule has 1 saturated heterocycles. The lowest BCUT2D eigenvalue weighted by atomic mass is 10.2. The molecular formula is C18H21ClN2O3S2. The SMILES string of the molecule is CN(C)CCOC(=O)CCCN1C(=O)/C(=C\c2ccccc2Cl)SC1=S. The summed E-state index contributed by atoms with van der Waals surface area (Å²) in [7, 11) is 3.83. The monoisotopic (exact) mass is 412 g/mol. The Hall–Kier alpha value is -1.41. The molecule has 1 amide bonds. The molecule has 2 rings (SSSR count). The zero-order chi connectivity index (χ0) is 19.1. The van der Waals surface area contributed by atoms with Crippen molar-refractivity contribution in [2.24, 2.45) is 0 Å². The Kier molecular flexibility index (Phi) is 8.09. The molecule has 1 aliphatic rings. The van der Waals surface area contributed by atoms with Gasteiger partial charge >= 0.3 is 5.97 Å². The van der Waals surface area contributed by atoms with E-state index in [1.54, 1.807) is 12.1 Å². The predicted octanol–water partition coefficient (Wildman–Crippen LogP) is 3.43. The standard InChI is InChI=1S/C18H21ClN2O3S2/c1-20(2)10-11-24-16(22)8-5-9-21-17(23)15(26-18(21)25)12-13-6-3-4-7-14(13)19/h3-4,6-7,12H,5,8-11H2,1-2H3/b15-12+. The lowest BCUT2D eigenvalue weighted by molar-refractivity contribution is -0.144. The van der Waals surface area contributed by atoms with E-state index in [9.17, 15) is 9.59 Å². The normalized spacial score (nSPS) is 16.0. The van der Waals surface area contributed by atoms with Crippen molar-refractivity contribution in [3.63, 3.8) is 0 Å². The number of likely N-dealkylation sites (N-methyl/N-ethyl adjacent to an activating group) is 1. The molecule has 140 valence electrons. The summed E-state index contributed by atoms with van der Waals surface area (Å²) in [5.41, 5.74) is 0.777. The molecule has 1 aromatic carbocycles. The number of ether oxygens (including phenoxy) is 1. The molecule has 0 saturated carbocycles. The van der Waals surface area contributed by atoms with Gasteiger partial charge in [0, 0.05) is 24.5 Å². The lowest BCUT2D eigenvalue weighted by Gasteiger charge is -2.14. The van der Waals surface area contributed by atoms with Crippen LogP contribution in [0.5, 0.6) is 0 Å². The average molecular weight is 413 g/mol. The zero-order valence-electron chi connectivity index (χ0n) is 14.7. The molecule has 5 nitrogen and oxygen atoms in total. The van der Waals surface area contributed by atoms with E-state index in [2.05, 4.69) is 0 Å². The van der Waals surface area contributed by atoms with E-state index in [0.29, 0.717) is 40.4 Å². The van der Waals surface area contributed by atoms with Gasteiger partial charge in [-0.15, -0.1) is 0 Å². The number of thioether (sulfide) groups is 1. The number of hydrogen-bond donors (Lipinski definition) is 0. The highest BCUT2D eigenvalue weighted by Gasteiger charge is 2.31. The summed E-state index contributed by atoms with van der Waals surface area (Å²) in [5, 5.41) is 0.582. The van der Waals surface area contributed by atoms with Crippen LogP contribution < -0.4 is 0 Å². The summed E-state index contributed by atoms with van der Waals surface area (Å²) in [4.78, 5) is 28.2. The Bertz CT molecular complexity index is 722.